The van der Waals surface area contributed by atoms with Gasteiger partial charge in [0.25, 0.3) is 5.56 Å². The molecule has 1 aliphatic rings. The van der Waals surface area contributed by atoms with Crippen molar-refractivity contribution in [2.24, 2.45) is 5.73 Å². The molecule has 0 aromatic carbocycles. The van der Waals surface area contributed by atoms with Crippen molar-refractivity contribution in [3.63, 3.8) is 0 Å². The van der Waals surface area contributed by atoms with Crippen LogP contribution in [0.15, 0.2) is 17.2 Å². The molecule has 0 atom stereocenters. The van der Waals surface area contributed by atoms with E-state index in [1.165, 1.54) is 0 Å². The van der Waals surface area contributed by atoms with Gasteiger partial charge in [-0.3, -0.25) is 9.20 Å². The summed E-state index contributed by atoms with van der Waals surface area (Å²) in [5, 5.41) is 7.73. The molecule has 2 aromatic rings. The zero-order chi connectivity index (χ0) is 10.4. The molecule has 78 valence electrons. The summed E-state index contributed by atoms with van der Waals surface area (Å²) in [6.07, 6.45) is 5.74. The van der Waals surface area contributed by atoms with Crippen LogP contribution in [0.5, 0.6) is 0 Å². The molecule has 2 heterocycles. The Labute approximate surface area is 85.3 Å². The number of nitrogens with two attached hydrogens (primary N) is 1. The fourth-order valence-corrected chi connectivity index (χ4v) is 1.73. The summed E-state index contributed by atoms with van der Waals surface area (Å²) in [6.45, 7) is 0.286. The third-order valence-corrected chi connectivity index (χ3v) is 2.69. The van der Waals surface area contributed by atoms with E-state index < -0.39 is 0 Å². The Hall–Kier alpha value is -1.69. The minimum atomic E-state index is -0.0767. The minimum absolute atomic E-state index is 0.0767. The standard InChI is InChI=1S/C9H11N5O/c10-5-7-11-12-8-9(15)13(6-1-2-6)3-4-14(7)8/h3-4,6H,1-2,5,10H2. The van der Waals surface area contributed by atoms with Gasteiger partial charge < -0.3 is 10.3 Å². The summed E-state index contributed by atoms with van der Waals surface area (Å²) in [7, 11) is 0. The molecule has 6 heteroatoms. The first-order chi connectivity index (χ1) is 7.31. The molecule has 1 saturated carbocycles. The molecule has 2 aromatic heterocycles. The Morgan fingerprint density at radius 2 is 2.20 bits per heavy atom. The van der Waals surface area contributed by atoms with E-state index in [1.54, 1.807) is 21.4 Å². The predicted molar refractivity (Wildman–Crippen MR) is 53.4 cm³/mol. The fraction of sp³-hybridized carbons (Fsp3) is 0.444. The summed E-state index contributed by atoms with van der Waals surface area (Å²) in [6, 6.07) is 0.362. The number of hydrogen-bond acceptors (Lipinski definition) is 4. The van der Waals surface area contributed by atoms with Crippen molar-refractivity contribution in [2.45, 2.75) is 25.4 Å². The number of hydrogen-bond donors (Lipinski definition) is 1. The van der Waals surface area contributed by atoms with Crippen molar-refractivity contribution < 1.29 is 0 Å². The van der Waals surface area contributed by atoms with E-state index in [-0.39, 0.29) is 12.1 Å². The Balaban J connectivity index is 2.29. The summed E-state index contributed by atoms with van der Waals surface area (Å²) in [5.41, 5.74) is 5.78. The van der Waals surface area contributed by atoms with E-state index in [0.717, 1.165) is 12.8 Å². The Bertz CT molecular complexity index is 565. The maximum absolute atomic E-state index is 11.9. The van der Waals surface area contributed by atoms with Crippen LogP contribution in [0.3, 0.4) is 0 Å². The van der Waals surface area contributed by atoms with Crippen LogP contribution < -0.4 is 11.3 Å². The zero-order valence-corrected chi connectivity index (χ0v) is 8.13. The van der Waals surface area contributed by atoms with Crippen molar-refractivity contribution in [3.05, 3.63) is 28.6 Å². The largest absolute Gasteiger partial charge is 0.324 e. The molecule has 6 nitrogen and oxygen atoms in total. The molecule has 3 rings (SSSR count). The van der Waals surface area contributed by atoms with Crippen LogP contribution in [0.1, 0.15) is 24.7 Å². The Morgan fingerprint density at radius 1 is 1.40 bits per heavy atom. The number of fused-ring (bicyclic) bond motifs is 1. The molecule has 1 fully saturated rings. The van der Waals surface area contributed by atoms with Crippen LogP contribution in [0.2, 0.25) is 0 Å². The highest BCUT2D eigenvalue weighted by atomic mass is 16.1. The Morgan fingerprint density at radius 3 is 2.87 bits per heavy atom. The van der Waals surface area contributed by atoms with Crippen LogP contribution in [0.25, 0.3) is 5.65 Å². The molecule has 15 heavy (non-hydrogen) atoms. The van der Waals surface area contributed by atoms with Gasteiger partial charge in [-0.25, -0.2) is 0 Å². The van der Waals surface area contributed by atoms with Crippen LogP contribution in [0, 0.1) is 0 Å². The average molecular weight is 205 g/mol. The average Bonchev–Trinajstić information content (AvgIpc) is 2.98. The normalized spacial score (nSPS) is 16.1. The zero-order valence-electron chi connectivity index (χ0n) is 8.13. The first-order valence-corrected chi connectivity index (χ1v) is 4.96. The van der Waals surface area contributed by atoms with E-state index in [4.69, 9.17) is 5.73 Å². The van der Waals surface area contributed by atoms with Gasteiger partial charge in [-0.15, -0.1) is 10.2 Å². The lowest BCUT2D eigenvalue weighted by atomic mass is 10.5. The molecule has 0 radical (unpaired) electrons. The first-order valence-electron chi connectivity index (χ1n) is 4.96. The van der Waals surface area contributed by atoms with Gasteiger partial charge in [0.15, 0.2) is 5.82 Å². The van der Waals surface area contributed by atoms with E-state index in [1.807, 2.05) is 0 Å². The van der Waals surface area contributed by atoms with E-state index in [2.05, 4.69) is 10.2 Å². The molecule has 0 amide bonds. The molecule has 0 unspecified atom stereocenters. The quantitative estimate of drug-likeness (QED) is 0.729. The number of nitrogens with zero attached hydrogens (tertiary/aromatic N) is 4. The predicted octanol–water partition coefficient (Wildman–Crippen LogP) is -0.315. The van der Waals surface area contributed by atoms with Crippen molar-refractivity contribution in [1.82, 2.24) is 19.2 Å². The minimum Gasteiger partial charge on any atom is -0.324 e. The van der Waals surface area contributed by atoms with Gasteiger partial charge in [-0.05, 0) is 12.8 Å². The second kappa shape index (κ2) is 2.90. The van der Waals surface area contributed by atoms with Gasteiger partial charge in [-0.1, -0.05) is 0 Å². The van der Waals surface area contributed by atoms with Crippen LogP contribution in [-0.2, 0) is 6.54 Å². The molecule has 0 aliphatic heterocycles. The van der Waals surface area contributed by atoms with Crippen molar-refractivity contribution in [3.8, 4) is 0 Å². The highest BCUT2D eigenvalue weighted by Gasteiger charge is 2.25. The van der Waals surface area contributed by atoms with E-state index in [9.17, 15) is 4.79 Å². The smallest absolute Gasteiger partial charge is 0.296 e. The van der Waals surface area contributed by atoms with Gasteiger partial charge in [0.1, 0.15) is 0 Å². The van der Waals surface area contributed by atoms with Crippen LogP contribution >= 0.6 is 0 Å². The Kier molecular flexibility index (Phi) is 1.66. The van der Waals surface area contributed by atoms with Gasteiger partial charge in [-0.2, -0.15) is 0 Å². The molecule has 1 aliphatic carbocycles. The SMILES string of the molecule is NCc1nnc2c(=O)n(C3CC3)ccn12. The number of aromatic nitrogens is 4. The third-order valence-electron chi connectivity index (χ3n) is 2.69. The van der Waals surface area contributed by atoms with E-state index in [0.29, 0.717) is 17.5 Å². The topological polar surface area (TPSA) is 78.2 Å². The van der Waals surface area contributed by atoms with Gasteiger partial charge in [0.05, 0.1) is 6.54 Å². The number of rotatable bonds is 2. The van der Waals surface area contributed by atoms with Crippen LogP contribution in [-0.4, -0.2) is 19.2 Å². The third kappa shape index (κ3) is 1.18. The summed E-state index contributed by atoms with van der Waals surface area (Å²) >= 11 is 0. The lowest BCUT2D eigenvalue weighted by Gasteiger charge is -2.02. The van der Waals surface area contributed by atoms with Crippen molar-refractivity contribution in [2.75, 3.05) is 0 Å². The fourth-order valence-electron chi connectivity index (χ4n) is 1.73. The lowest BCUT2D eigenvalue weighted by molar-refractivity contribution is 0.699. The second-order valence-electron chi connectivity index (χ2n) is 3.76. The van der Waals surface area contributed by atoms with Crippen LogP contribution in [0.4, 0.5) is 0 Å². The molecule has 0 saturated heterocycles. The van der Waals surface area contributed by atoms with E-state index >= 15 is 0 Å². The van der Waals surface area contributed by atoms with Crippen molar-refractivity contribution >= 4 is 5.65 Å². The highest BCUT2D eigenvalue weighted by molar-refractivity contribution is 5.35. The molecular formula is C9H11N5O. The highest BCUT2D eigenvalue weighted by Crippen LogP contribution is 2.33. The molecule has 2 N–H and O–H groups in total. The second-order valence-corrected chi connectivity index (χ2v) is 3.76. The summed E-state index contributed by atoms with van der Waals surface area (Å²) < 4.78 is 3.38. The lowest BCUT2D eigenvalue weighted by Crippen LogP contribution is -2.21. The molecule has 0 bridgehead atoms. The maximum atomic E-state index is 11.9. The molecular weight excluding hydrogens is 194 g/mol. The summed E-state index contributed by atoms with van der Waals surface area (Å²) in [4.78, 5) is 11.9. The van der Waals surface area contributed by atoms with Gasteiger partial charge in [0.2, 0.25) is 5.65 Å². The monoisotopic (exact) mass is 205 g/mol. The van der Waals surface area contributed by atoms with Crippen molar-refractivity contribution in [1.29, 1.82) is 0 Å². The summed E-state index contributed by atoms with van der Waals surface area (Å²) in [5.74, 6) is 0.616. The van der Waals surface area contributed by atoms with Gasteiger partial charge >= 0.3 is 0 Å². The molecule has 0 spiro atoms. The maximum Gasteiger partial charge on any atom is 0.296 e. The first kappa shape index (κ1) is 8.60. The van der Waals surface area contributed by atoms with Gasteiger partial charge in [0, 0.05) is 18.4 Å².